The molecule has 0 bridgehead atoms. The number of hydrogen-bond donors (Lipinski definition) is 1. The highest BCUT2D eigenvalue weighted by molar-refractivity contribution is 9.10. The zero-order valence-electron chi connectivity index (χ0n) is 6.78. The van der Waals surface area contributed by atoms with Crippen LogP contribution in [-0.4, -0.2) is 11.8 Å². The Morgan fingerprint density at radius 3 is 2.50 bits per heavy atom. The molecule has 1 aromatic carbocycles. The molecule has 0 atom stereocenters. The number of alkyl halides is 1. The first kappa shape index (κ1) is 12.1. The zero-order chi connectivity index (χ0) is 10.7. The van der Waals surface area contributed by atoms with Crippen molar-refractivity contribution in [2.24, 2.45) is 0 Å². The van der Waals surface area contributed by atoms with Crippen LogP contribution >= 0.6 is 50.7 Å². The van der Waals surface area contributed by atoms with Crippen LogP contribution in [0.2, 0.25) is 10.0 Å². The van der Waals surface area contributed by atoms with E-state index in [0.29, 0.717) is 20.2 Å². The van der Waals surface area contributed by atoms with Crippen molar-refractivity contribution in [3.8, 4) is 0 Å². The fraction of sp³-hybridized carbons (Fsp3) is 0.125. The second-order valence-corrected chi connectivity index (χ2v) is 4.36. The van der Waals surface area contributed by atoms with Crippen LogP contribution in [0.3, 0.4) is 0 Å². The molecule has 1 amide bonds. The molecule has 0 radical (unpaired) electrons. The summed E-state index contributed by atoms with van der Waals surface area (Å²) in [5.74, 6) is -0.405. The van der Waals surface area contributed by atoms with Crippen LogP contribution in [0.1, 0.15) is 0 Å². The molecule has 0 saturated carbocycles. The molecule has 1 rings (SSSR count). The van der Waals surface area contributed by atoms with Crippen molar-refractivity contribution in [2.45, 2.75) is 0 Å². The smallest absolute Gasteiger partial charge is 0.239 e. The molecular formula is C8H5BrCl3NO. The summed E-state index contributed by atoms with van der Waals surface area (Å²) in [6.45, 7) is 0. The number of carbonyl (C=O) groups is 1. The maximum absolute atomic E-state index is 11.0. The average Bonchev–Trinajstić information content (AvgIpc) is 2.14. The first-order valence-corrected chi connectivity index (χ1v) is 5.63. The molecule has 0 unspecified atom stereocenters. The Morgan fingerprint density at radius 2 is 1.93 bits per heavy atom. The van der Waals surface area contributed by atoms with Crippen LogP contribution in [0.25, 0.3) is 0 Å². The van der Waals surface area contributed by atoms with Gasteiger partial charge in [0, 0.05) is 4.47 Å². The van der Waals surface area contributed by atoms with Crippen LogP contribution in [-0.2, 0) is 4.79 Å². The van der Waals surface area contributed by atoms with E-state index in [1.165, 1.54) is 0 Å². The van der Waals surface area contributed by atoms with Crippen molar-refractivity contribution in [1.29, 1.82) is 0 Å². The van der Waals surface area contributed by atoms with E-state index in [0.717, 1.165) is 0 Å². The third kappa shape index (κ3) is 3.02. The Morgan fingerprint density at radius 1 is 1.36 bits per heavy atom. The molecular weight excluding hydrogens is 312 g/mol. The fourth-order valence-electron chi connectivity index (χ4n) is 0.802. The van der Waals surface area contributed by atoms with Crippen LogP contribution in [0.5, 0.6) is 0 Å². The van der Waals surface area contributed by atoms with Gasteiger partial charge in [0.05, 0.1) is 15.7 Å². The van der Waals surface area contributed by atoms with Crippen LogP contribution in [0.15, 0.2) is 16.6 Å². The lowest BCUT2D eigenvalue weighted by molar-refractivity contribution is -0.113. The number of halogens is 4. The third-order valence-electron chi connectivity index (χ3n) is 1.41. The Balaban J connectivity index is 2.98. The lowest BCUT2D eigenvalue weighted by Crippen LogP contribution is -2.12. The Labute approximate surface area is 105 Å². The maximum Gasteiger partial charge on any atom is 0.239 e. The number of benzene rings is 1. The van der Waals surface area contributed by atoms with Gasteiger partial charge < -0.3 is 5.32 Å². The molecule has 0 heterocycles. The molecule has 0 aromatic heterocycles. The van der Waals surface area contributed by atoms with Crippen molar-refractivity contribution < 1.29 is 4.79 Å². The average molecular weight is 317 g/mol. The van der Waals surface area contributed by atoms with Crippen molar-refractivity contribution >= 4 is 62.3 Å². The molecule has 0 aliphatic rings. The summed E-state index contributed by atoms with van der Waals surface area (Å²) in [5.41, 5.74) is 0.546. The Bertz CT molecular complexity index is 370. The molecule has 0 fully saturated rings. The molecule has 6 heteroatoms. The zero-order valence-corrected chi connectivity index (χ0v) is 10.6. The van der Waals surface area contributed by atoms with E-state index in [1.54, 1.807) is 12.1 Å². The highest BCUT2D eigenvalue weighted by Crippen LogP contribution is 2.32. The number of anilines is 1. The molecule has 1 aromatic rings. The largest absolute Gasteiger partial charge is 0.324 e. The SMILES string of the molecule is O=C(CCl)Nc1cc(Cl)c(Cl)cc1Br. The van der Waals surface area contributed by atoms with E-state index in [4.69, 9.17) is 34.8 Å². The van der Waals surface area contributed by atoms with Crippen LogP contribution < -0.4 is 5.32 Å². The van der Waals surface area contributed by atoms with Gasteiger partial charge in [-0.05, 0) is 28.1 Å². The van der Waals surface area contributed by atoms with Crippen molar-refractivity contribution in [3.05, 3.63) is 26.7 Å². The van der Waals surface area contributed by atoms with E-state index in [2.05, 4.69) is 21.2 Å². The van der Waals surface area contributed by atoms with Crippen LogP contribution in [0, 0.1) is 0 Å². The highest BCUT2D eigenvalue weighted by atomic mass is 79.9. The molecule has 0 aliphatic carbocycles. The minimum absolute atomic E-state index is 0.104. The van der Waals surface area contributed by atoms with Gasteiger partial charge in [-0.15, -0.1) is 11.6 Å². The summed E-state index contributed by atoms with van der Waals surface area (Å²) in [7, 11) is 0. The van der Waals surface area contributed by atoms with E-state index >= 15 is 0 Å². The molecule has 1 N–H and O–H groups in total. The minimum Gasteiger partial charge on any atom is -0.324 e. The Hall–Kier alpha value is 0.0400. The molecule has 0 aliphatic heterocycles. The summed E-state index contributed by atoms with van der Waals surface area (Å²) in [5, 5.41) is 3.36. The van der Waals surface area contributed by atoms with Gasteiger partial charge in [-0.25, -0.2) is 0 Å². The number of hydrogen-bond acceptors (Lipinski definition) is 1. The molecule has 0 saturated heterocycles. The van der Waals surface area contributed by atoms with Gasteiger partial charge in [-0.3, -0.25) is 4.79 Å². The van der Waals surface area contributed by atoms with E-state index < -0.39 is 0 Å². The first-order valence-electron chi connectivity index (χ1n) is 3.55. The topological polar surface area (TPSA) is 29.1 Å². The highest BCUT2D eigenvalue weighted by Gasteiger charge is 2.07. The van der Waals surface area contributed by atoms with Gasteiger partial charge in [-0.1, -0.05) is 23.2 Å². The van der Waals surface area contributed by atoms with E-state index in [9.17, 15) is 4.79 Å². The Kier molecular flexibility index (Phi) is 4.51. The second-order valence-electron chi connectivity index (χ2n) is 2.43. The molecule has 0 spiro atoms. The molecule has 2 nitrogen and oxygen atoms in total. The van der Waals surface area contributed by atoms with Crippen molar-refractivity contribution in [1.82, 2.24) is 0 Å². The van der Waals surface area contributed by atoms with E-state index in [1.807, 2.05) is 0 Å². The van der Waals surface area contributed by atoms with Gasteiger partial charge in [-0.2, -0.15) is 0 Å². The summed E-state index contributed by atoms with van der Waals surface area (Å²) in [6.07, 6.45) is 0. The lowest BCUT2D eigenvalue weighted by atomic mass is 10.3. The van der Waals surface area contributed by atoms with Gasteiger partial charge in [0.2, 0.25) is 5.91 Å². The third-order valence-corrected chi connectivity index (χ3v) is 3.03. The summed E-state index contributed by atoms with van der Waals surface area (Å²) in [4.78, 5) is 11.0. The van der Waals surface area contributed by atoms with Gasteiger partial charge >= 0.3 is 0 Å². The van der Waals surface area contributed by atoms with Crippen molar-refractivity contribution in [3.63, 3.8) is 0 Å². The quantitative estimate of drug-likeness (QED) is 0.650. The monoisotopic (exact) mass is 315 g/mol. The molecule has 76 valence electrons. The first-order chi connectivity index (χ1) is 6.54. The number of amides is 1. The predicted molar refractivity (Wildman–Crippen MR) is 63.5 cm³/mol. The normalized spacial score (nSPS) is 10.0. The minimum atomic E-state index is -0.300. The number of rotatable bonds is 2. The van der Waals surface area contributed by atoms with E-state index in [-0.39, 0.29) is 11.8 Å². The second kappa shape index (κ2) is 5.21. The number of carbonyl (C=O) groups excluding carboxylic acids is 1. The summed E-state index contributed by atoms with van der Waals surface area (Å²) >= 11 is 20.1. The number of nitrogens with one attached hydrogen (secondary N) is 1. The lowest BCUT2D eigenvalue weighted by Gasteiger charge is -2.07. The molecule has 14 heavy (non-hydrogen) atoms. The predicted octanol–water partition coefficient (Wildman–Crippen LogP) is 3.93. The van der Waals surface area contributed by atoms with Gasteiger partial charge in [0.25, 0.3) is 0 Å². The van der Waals surface area contributed by atoms with Gasteiger partial charge in [0.1, 0.15) is 5.88 Å². The summed E-state index contributed by atoms with van der Waals surface area (Å²) < 4.78 is 0.658. The summed E-state index contributed by atoms with van der Waals surface area (Å²) in [6, 6.07) is 3.16. The van der Waals surface area contributed by atoms with Crippen LogP contribution in [0.4, 0.5) is 5.69 Å². The fourth-order valence-corrected chi connectivity index (χ4v) is 1.77. The van der Waals surface area contributed by atoms with Gasteiger partial charge in [0.15, 0.2) is 0 Å². The maximum atomic E-state index is 11.0. The van der Waals surface area contributed by atoms with Crippen molar-refractivity contribution in [2.75, 3.05) is 11.2 Å². The standard InChI is InChI=1S/C8H5BrCl3NO/c9-4-1-5(11)6(12)2-7(4)13-8(14)3-10/h1-2H,3H2,(H,13,14).